The average Bonchev–Trinajstić information content (AvgIpc) is 3.41. The van der Waals surface area contributed by atoms with Gasteiger partial charge in [-0.2, -0.15) is 0 Å². The first kappa shape index (κ1) is 18.2. The van der Waals surface area contributed by atoms with E-state index < -0.39 is 12.1 Å². The van der Waals surface area contributed by atoms with Crippen molar-refractivity contribution >= 4 is 34.3 Å². The molecule has 1 aromatic carbocycles. The van der Waals surface area contributed by atoms with Crippen LogP contribution in [0.25, 0.3) is 21.0 Å². The van der Waals surface area contributed by atoms with Gasteiger partial charge in [0, 0.05) is 16.0 Å². The summed E-state index contributed by atoms with van der Waals surface area (Å²) in [6.45, 7) is 0. The number of ether oxygens (including phenoxy) is 1. The smallest absolute Gasteiger partial charge is 0.349 e. The Morgan fingerprint density at radius 3 is 2.29 bits per heavy atom. The third-order valence-corrected chi connectivity index (χ3v) is 5.94. The Kier molecular flexibility index (Phi) is 5.10. The molecule has 3 heterocycles. The number of carboxylic acid groups (broad SMARTS) is 1. The van der Waals surface area contributed by atoms with Gasteiger partial charge in [-0.1, -0.05) is 42.5 Å². The van der Waals surface area contributed by atoms with Gasteiger partial charge < -0.3 is 15.6 Å². The van der Waals surface area contributed by atoms with Crippen molar-refractivity contribution in [2.75, 3.05) is 5.73 Å². The lowest BCUT2D eigenvalue weighted by Gasteiger charge is -2.18. The van der Waals surface area contributed by atoms with Crippen LogP contribution in [0.2, 0.25) is 0 Å². The topological polar surface area (TPSA) is 85.4 Å². The van der Waals surface area contributed by atoms with E-state index in [9.17, 15) is 9.90 Å². The molecular weight excluding hydrogens is 392 g/mol. The van der Waals surface area contributed by atoms with Crippen molar-refractivity contribution in [1.29, 1.82) is 0 Å². The molecule has 0 amide bonds. The Bertz CT molecular complexity index is 1080. The molecule has 140 valence electrons. The molecule has 3 aromatic heterocycles. The largest absolute Gasteiger partial charge is 0.478 e. The molecule has 4 aromatic rings. The first-order chi connectivity index (χ1) is 13.6. The van der Waals surface area contributed by atoms with Gasteiger partial charge in [0.05, 0.1) is 10.6 Å². The molecule has 0 aliphatic heterocycles. The van der Waals surface area contributed by atoms with E-state index >= 15 is 0 Å². The highest BCUT2D eigenvalue weighted by Crippen LogP contribution is 2.40. The fraction of sp³-hybridized carbons (Fsp3) is 0.0476. The zero-order valence-corrected chi connectivity index (χ0v) is 16.2. The molecule has 0 radical (unpaired) electrons. The number of aromatic nitrogens is 1. The maximum atomic E-state index is 11.9. The predicted octanol–water partition coefficient (Wildman–Crippen LogP) is 5.33. The molecule has 0 fully saturated rings. The van der Waals surface area contributed by atoms with Gasteiger partial charge in [-0.3, -0.25) is 0 Å². The van der Waals surface area contributed by atoms with Crippen LogP contribution in [0.15, 0.2) is 71.4 Å². The fourth-order valence-corrected chi connectivity index (χ4v) is 4.25. The Morgan fingerprint density at radius 1 is 1.00 bits per heavy atom. The van der Waals surface area contributed by atoms with Crippen molar-refractivity contribution in [1.82, 2.24) is 4.98 Å². The Morgan fingerprint density at radius 2 is 1.68 bits per heavy atom. The van der Waals surface area contributed by atoms with E-state index in [0.29, 0.717) is 16.9 Å². The summed E-state index contributed by atoms with van der Waals surface area (Å²) in [7, 11) is 0. The highest BCUT2D eigenvalue weighted by Gasteiger charge is 2.25. The van der Waals surface area contributed by atoms with Crippen LogP contribution in [0.4, 0.5) is 5.69 Å². The van der Waals surface area contributed by atoms with Crippen LogP contribution in [0.5, 0.6) is 5.88 Å². The number of nitrogens with two attached hydrogens (primary N) is 1. The number of benzene rings is 1. The third kappa shape index (κ3) is 3.62. The molecule has 1 atom stereocenters. The summed E-state index contributed by atoms with van der Waals surface area (Å²) in [5.41, 5.74) is 8.67. The van der Waals surface area contributed by atoms with Crippen LogP contribution in [0.3, 0.4) is 0 Å². The van der Waals surface area contributed by atoms with Gasteiger partial charge in [0.25, 0.3) is 0 Å². The van der Waals surface area contributed by atoms with Crippen LogP contribution in [-0.2, 0) is 4.79 Å². The number of carbonyl (C=O) groups is 1. The highest BCUT2D eigenvalue weighted by molar-refractivity contribution is 7.14. The summed E-state index contributed by atoms with van der Waals surface area (Å²) >= 11 is 3.10. The van der Waals surface area contributed by atoms with E-state index in [1.54, 1.807) is 46.9 Å². The second-order valence-corrected chi connectivity index (χ2v) is 7.87. The maximum absolute atomic E-state index is 11.9. The van der Waals surface area contributed by atoms with E-state index in [-0.39, 0.29) is 5.88 Å². The van der Waals surface area contributed by atoms with Crippen molar-refractivity contribution in [3.8, 4) is 26.9 Å². The number of thiophene rings is 2. The Balaban J connectivity index is 1.82. The Hall–Kier alpha value is -3.16. The van der Waals surface area contributed by atoms with Gasteiger partial charge in [-0.05, 0) is 29.0 Å². The minimum Gasteiger partial charge on any atom is -0.478 e. The van der Waals surface area contributed by atoms with Gasteiger partial charge in [0.1, 0.15) is 5.69 Å². The second kappa shape index (κ2) is 7.84. The van der Waals surface area contributed by atoms with Crippen molar-refractivity contribution < 1.29 is 14.6 Å². The molecule has 5 nitrogen and oxygen atoms in total. The van der Waals surface area contributed by atoms with E-state index in [2.05, 4.69) is 4.98 Å². The number of pyridine rings is 1. The number of hydrogen-bond acceptors (Lipinski definition) is 6. The number of nitrogen functional groups attached to an aromatic ring is 1. The lowest BCUT2D eigenvalue weighted by Crippen LogP contribution is -2.19. The van der Waals surface area contributed by atoms with Crippen LogP contribution >= 0.6 is 22.7 Å². The summed E-state index contributed by atoms with van der Waals surface area (Å²) in [6.07, 6.45) is -1.20. The highest BCUT2D eigenvalue weighted by atomic mass is 32.1. The van der Waals surface area contributed by atoms with E-state index in [4.69, 9.17) is 10.5 Å². The monoisotopic (exact) mass is 408 g/mol. The van der Waals surface area contributed by atoms with Crippen LogP contribution in [-0.4, -0.2) is 16.1 Å². The second-order valence-electron chi connectivity index (χ2n) is 5.98. The van der Waals surface area contributed by atoms with Gasteiger partial charge in [-0.25, -0.2) is 9.78 Å². The van der Waals surface area contributed by atoms with E-state index in [0.717, 1.165) is 15.3 Å². The van der Waals surface area contributed by atoms with E-state index in [1.165, 1.54) is 0 Å². The summed E-state index contributed by atoms with van der Waals surface area (Å²) in [4.78, 5) is 18.3. The molecule has 7 heteroatoms. The van der Waals surface area contributed by atoms with Crippen LogP contribution < -0.4 is 10.5 Å². The maximum Gasteiger partial charge on any atom is 0.349 e. The van der Waals surface area contributed by atoms with Crippen LogP contribution in [0, 0.1) is 0 Å². The molecule has 0 aliphatic carbocycles. The third-order valence-electron chi connectivity index (χ3n) is 4.14. The fourth-order valence-electron chi connectivity index (χ4n) is 2.81. The van der Waals surface area contributed by atoms with Crippen molar-refractivity contribution in [2.45, 2.75) is 6.10 Å². The molecular formula is C21H16N2O3S2. The van der Waals surface area contributed by atoms with Gasteiger partial charge in [0.15, 0.2) is 0 Å². The van der Waals surface area contributed by atoms with Gasteiger partial charge >= 0.3 is 5.97 Å². The van der Waals surface area contributed by atoms with Crippen molar-refractivity contribution in [3.63, 3.8) is 0 Å². The lowest BCUT2D eigenvalue weighted by atomic mass is 10.1. The molecule has 0 spiro atoms. The molecule has 1 unspecified atom stereocenters. The minimum absolute atomic E-state index is 0.116. The number of hydrogen-bond donors (Lipinski definition) is 2. The van der Waals surface area contributed by atoms with Crippen molar-refractivity contribution in [2.24, 2.45) is 0 Å². The van der Waals surface area contributed by atoms with E-state index in [1.807, 2.05) is 47.2 Å². The normalized spacial score (nSPS) is 11.9. The summed E-state index contributed by atoms with van der Waals surface area (Å²) in [5, 5.41) is 13.6. The summed E-state index contributed by atoms with van der Waals surface area (Å²) in [6, 6.07) is 18.5. The molecule has 0 saturated heterocycles. The van der Waals surface area contributed by atoms with Gasteiger partial charge in [-0.15, -0.1) is 22.7 Å². The number of carboxylic acids is 1. The zero-order valence-electron chi connectivity index (χ0n) is 14.6. The Labute approximate surface area is 169 Å². The molecule has 0 aliphatic rings. The van der Waals surface area contributed by atoms with Crippen LogP contribution in [0.1, 0.15) is 11.7 Å². The lowest BCUT2D eigenvalue weighted by molar-refractivity contribution is -0.145. The first-order valence-corrected chi connectivity index (χ1v) is 10.2. The number of anilines is 1. The predicted molar refractivity (Wildman–Crippen MR) is 113 cm³/mol. The summed E-state index contributed by atoms with van der Waals surface area (Å²) in [5.74, 6) is -0.989. The molecule has 0 saturated carbocycles. The quantitative estimate of drug-likeness (QED) is 0.451. The van der Waals surface area contributed by atoms with Crippen molar-refractivity contribution in [3.05, 3.63) is 77.0 Å². The number of rotatable bonds is 6. The molecule has 0 bridgehead atoms. The average molecular weight is 409 g/mol. The molecule has 28 heavy (non-hydrogen) atoms. The molecule has 3 N–H and O–H groups in total. The standard InChI is InChI=1S/C21H16N2O3S2/c22-18-14(16-8-4-10-27-16)12-15(17-9-5-11-28-17)23-20(18)26-19(21(24)25)13-6-2-1-3-7-13/h1-12,19H,22H2,(H,24,25). The first-order valence-electron chi connectivity index (χ1n) is 8.46. The summed E-state index contributed by atoms with van der Waals surface area (Å²) < 4.78 is 5.84. The number of aliphatic carboxylic acids is 1. The minimum atomic E-state index is -1.20. The number of nitrogens with zero attached hydrogens (tertiary/aromatic N) is 1. The van der Waals surface area contributed by atoms with Gasteiger partial charge in [0.2, 0.25) is 12.0 Å². The molecule has 4 rings (SSSR count). The SMILES string of the molecule is Nc1c(-c2cccs2)cc(-c2cccs2)nc1OC(C(=O)O)c1ccccc1. The zero-order chi connectivity index (χ0) is 19.5.